The van der Waals surface area contributed by atoms with Crippen LogP contribution in [0.2, 0.25) is 0 Å². The second kappa shape index (κ2) is 4.54. The first-order chi connectivity index (χ1) is 5.33. The van der Waals surface area contributed by atoms with E-state index >= 15 is 0 Å². The number of rotatable bonds is 4. The van der Waals surface area contributed by atoms with E-state index < -0.39 is 0 Å². The Morgan fingerprint density at radius 1 is 1.73 bits per heavy atom. The lowest BCUT2D eigenvalue weighted by atomic mass is 10.3. The van der Waals surface area contributed by atoms with Gasteiger partial charge in [0.15, 0.2) is 4.67 Å². The molecule has 1 aromatic heterocycles. The van der Waals surface area contributed by atoms with Gasteiger partial charge in [0.1, 0.15) is 0 Å². The molecular formula is C7H10BrNO2. The zero-order valence-corrected chi connectivity index (χ0v) is 7.85. The minimum absolute atomic E-state index is 0.666. The highest BCUT2D eigenvalue weighted by atomic mass is 79.9. The van der Waals surface area contributed by atoms with E-state index in [1.165, 1.54) is 0 Å². The van der Waals surface area contributed by atoms with Gasteiger partial charge in [0, 0.05) is 12.1 Å². The summed E-state index contributed by atoms with van der Waals surface area (Å²) in [5, 5.41) is 0. The van der Waals surface area contributed by atoms with Crippen LogP contribution >= 0.6 is 15.9 Å². The van der Waals surface area contributed by atoms with Gasteiger partial charge in [0.05, 0.1) is 12.9 Å². The SMILES string of the molecule is CCONCc1coc(Br)c1. The quantitative estimate of drug-likeness (QED) is 0.623. The van der Waals surface area contributed by atoms with Crippen LogP contribution in [0.3, 0.4) is 0 Å². The zero-order chi connectivity index (χ0) is 8.10. The minimum atomic E-state index is 0.666. The third-order valence-corrected chi connectivity index (χ3v) is 1.56. The number of nitrogens with one attached hydrogen (secondary N) is 1. The monoisotopic (exact) mass is 219 g/mol. The van der Waals surface area contributed by atoms with Crippen molar-refractivity contribution in [1.82, 2.24) is 5.48 Å². The van der Waals surface area contributed by atoms with Crippen molar-refractivity contribution in [3.63, 3.8) is 0 Å². The van der Waals surface area contributed by atoms with E-state index in [-0.39, 0.29) is 0 Å². The van der Waals surface area contributed by atoms with Crippen molar-refractivity contribution in [1.29, 1.82) is 0 Å². The lowest BCUT2D eigenvalue weighted by Gasteiger charge is -1.98. The molecule has 3 nitrogen and oxygen atoms in total. The Hall–Kier alpha value is -0.320. The molecule has 0 aliphatic heterocycles. The Balaban J connectivity index is 2.27. The number of halogens is 1. The largest absolute Gasteiger partial charge is 0.457 e. The van der Waals surface area contributed by atoms with Crippen molar-refractivity contribution >= 4 is 15.9 Å². The van der Waals surface area contributed by atoms with Crippen molar-refractivity contribution in [2.75, 3.05) is 6.61 Å². The molecule has 0 saturated heterocycles. The molecule has 0 atom stereocenters. The molecule has 0 amide bonds. The van der Waals surface area contributed by atoms with Crippen LogP contribution in [-0.2, 0) is 11.4 Å². The summed E-state index contributed by atoms with van der Waals surface area (Å²) < 4.78 is 5.76. The predicted molar refractivity (Wildman–Crippen MR) is 44.9 cm³/mol. The van der Waals surface area contributed by atoms with Crippen molar-refractivity contribution in [2.24, 2.45) is 0 Å². The van der Waals surface area contributed by atoms with Crippen LogP contribution in [0.25, 0.3) is 0 Å². The number of furan rings is 1. The topological polar surface area (TPSA) is 34.4 Å². The molecule has 1 N–H and O–H groups in total. The average molecular weight is 220 g/mol. The van der Waals surface area contributed by atoms with Crippen molar-refractivity contribution in [3.05, 3.63) is 22.6 Å². The molecule has 0 aliphatic carbocycles. The first-order valence-electron chi connectivity index (χ1n) is 3.40. The van der Waals surface area contributed by atoms with Gasteiger partial charge in [-0.1, -0.05) is 0 Å². The molecule has 0 fully saturated rings. The van der Waals surface area contributed by atoms with Crippen LogP contribution in [-0.4, -0.2) is 6.61 Å². The number of hydrogen-bond donors (Lipinski definition) is 1. The molecule has 4 heteroatoms. The summed E-state index contributed by atoms with van der Waals surface area (Å²) in [6.45, 7) is 3.26. The lowest BCUT2D eigenvalue weighted by Crippen LogP contribution is -2.12. The van der Waals surface area contributed by atoms with Crippen LogP contribution in [0.15, 0.2) is 21.4 Å². The molecule has 0 spiro atoms. The lowest BCUT2D eigenvalue weighted by molar-refractivity contribution is 0.0462. The van der Waals surface area contributed by atoms with Crippen LogP contribution in [0, 0.1) is 0 Å². The Morgan fingerprint density at radius 2 is 2.55 bits per heavy atom. The Morgan fingerprint density at radius 3 is 3.09 bits per heavy atom. The molecule has 1 heterocycles. The molecule has 0 saturated carbocycles. The first kappa shape index (κ1) is 8.77. The van der Waals surface area contributed by atoms with E-state index in [0.29, 0.717) is 13.2 Å². The fourth-order valence-electron chi connectivity index (χ4n) is 0.675. The predicted octanol–water partition coefficient (Wildman–Crippen LogP) is 2.08. The first-order valence-corrected chi connectivity index (χ1v) is 4.19. The van der Waals surface area contributed by atoms with E-state index in [1.807, 2.05) is 13.0 Å². The second-order valence-electron chi connectivity index (χ2n) is 2.01. The van der Waals surface area contributed by atoms with Gasteiger partial charge < -0.3 is 9.25 Å². The van der Waals surface area contributed by atoms with Gasteiger partial charge in [0.2, 0.25) is 0 Å². The molecule has 0 aromatic carbocycles. The summed E-state index contributed by atoms with van der Waals surface area (Å²) in [4.78, 5) is 4.94. The van der Waals surface area contributed by atoms with E-state index in [1.54, 1.807) is 6.26 Å². The summed E-state index contributed by atoms with van der Waals surface area (Å²) in [5.41, 5.74) is 3.84. The molecule has 0 unspecified atom stereocenters. The summed E-state index contributed by atoms with van der Waals surface area (Å²) in [5.74, 6) is 0. The summed E-state index contributed by atoms with van der Waals surface area (Å²) >= 11 is 3.21. The Labute approximate surface area is 73.8 Å². The maximum absolute atomic E-state index is 5.02. The van der Waals surface area contributed by atoms with E-state index in [2.05, 4.69) is 21.4 Å². The van der Waals surface area contributed by atoms with Gasteiger partial charge in [-0.2, -0.15) is 5.48 Å². The molecule has 1 aromatic rings. The van der Waals surface area contributed by atoms with Crippen LogP contribution < -0.4 is 5.48 Å². The highest BCUT2D eigenvalue weighted by Crippen LogP contribution is 2.13. The molecular weight excluding hydrogens is 210 g/mol. The van der Waals surface area contributed by atoms with E-state index in [9.17, 15) is 0 Å². The molecule has 0 radical (unpaired) electrons. The van der Waals surface area contributed by atoms with Gasteiger partial charge in [-0.25, -0.2) is 0 Å². The standard InChI is InChI=1S/C7H10BrNO2/c1-2-11-9-4-6-3-7(8)10-5-6/h3,5,9H,2,4H2,1H3. The molecule has 0 bridgehead atoms. The zero-order valence-electron chi connectivity index (χ0n) is 6.26. The summed E-state index contributed by atoms with van der Waals surface area (Å²) in [6, 6.07) is 1.89. The third-order valence-electron chi connectivity index (χ3n) is 1.14. The second-order valence-corrected chi connectivity index (χ2v) is 2.79. The smallest absolute Gasteiger partial charge is 0.169 e. The molecule has 11 heavy (non-hydrogen) atoms. The molecule has 62 valence electrons. The highest BCUT2D eigenvalue weighted by Gasteiger charge is 1.96. The fourth-order valence-corrected chi connectivity index (χ4v) is 1.06. The highest BCUT2D eigenvalue weighted by molar-refractivity contribution is 9.10. The van der Waals surface area contributed by atoms with E-state index in [4.69, 9.17) is 9.25 Å². The summed E-state index contributed by atoms with van der Waals surface area (Å²) in [6.07, 6.45) is 1.68. The van der Waals surface area contributed by atoms with E-state index in [0.717, 1.165) is 10.2 Å². The van der Waals surface area contributed by atoms with Crippen molar-refractivity contribution in [3.8, 4) is 0 Å². The molecule has 0 aliphatic rings. The third kappa shape index (κ3) is 3.05. The maximum atomic E-state index is 5.02. The molecule has 1 rings (SSSR count). The van der Waals surface area contributed by atoms with Gasteiger partial charge in [-0.15, -0.1) is 0 Å². The maximum Gasteiger partial charge on any atom is 0.169 e. The fraction of sp³-hybridized carbons (Fsp3) is 0.429. The van der Waals surface area contributed by atoms with Gasteiger partial charge in [-0.3, -0.25) is 0 Å². The van der Waals surface area contributed by atoms with Gasteiger partial charge in [-0.05, 0) is 28.9 Å². The summed E-state index contributed by atoms with van der Waals surface area (Å²) in [7, 11) is 0. The normalized spacial score (nSPS) is 10.4. The Kier molecular flexibility index (Phi) is 3.62. The number of hydroxylamine groups is 1. The average Bonchev–Trinajstić information content (AvgIpc) is 2.37. The number of hydrogen-bond acceptors (Lipinski definition) is 3. The Bertz CT molecular complexity index is 212. The van der Waals surface area contributed by atoms with Gasteiger partial charge in [0.25, 0.3) is 0 Å². The van der Waals surface area contributed by atoms with Crippen molar-refractivity contribution < 1.29 is 9.25 Å². The van der Waals surface area contributed by atoms with Gasteiger partial charge >= 0.3 is 0 Å². The van der Waals surface area contributed by atoms with Crippen molar-refractivity contribution in [2.45, 2.75) is 13.5 Å². The van der Waals surface area contributed by atoms with Crippen LogP contribution in [0.4, 0.5) is 0 Å². The minimum Gasteiger partial charge on any atom is -0.457 e. The van der Waals surface area contributed by atoms with Crippen LogP contribution in [0.1, 0.15) is 12.5 Å². The van der Waals surface area contributed by atoms with Crippen LogP contribution in [0.5, 0.6) is 0 Å².